The largest absolute Gasteiger partial charge is 0.573 e. The number of ether oxygens (including phenoxy) is 2. The van der Waals surface area contributed by atoms with Gasteiger partial charge in [-0.1, -0.05) is 12.2 Å². The summed E-state index contributed by atoms with van der Waals surface area (Å²) in [5.41, 5.74) is 0.510. The topological polar surface area (TPSA) is 59.1 Å². The minimum absolute atomic E-state index is 0.252. The third-order valence-corrected chi connectivity index (χ3v) is 5.54. The molecule has 2 aromatic rings. The average Bonchev–Trinajstić information content (AvgIpc) is 2.86. The summed E-state index contributed by atoms with van der Waals surface area (Å²) in [6, 6.07) is 9.53. The van der Waals surface area contributed by atoms with Crippen molar-refractivity contribution in [1.82, 2.24) is 9.80 Å². The van der Waals surface area contributed by atoms with E-state index in [2.05, 4.69) is 9.47 Å². The second-order valence-corrected chi connectivity index (χ2v) is 8.32. The minimum atomic E-state index is -4.80. The number of allylic oxidation sites excluding steroid dienone is 1. The molecule has 12 heteroatoms. The van der Waals surface area contributed by atoms with E-state index >= 15 is 0 Å². The normalized spacial score (nSPS) is 11.9. The van der Waals surface area contributed by atoms with Crippen molar-refractivity contribution < 1.29 is 45.4 Å². The van der Waals surface area contributed by atoms with Gasteiger partial charge in [0.25, 0.3) is 11.8 Å². The number of benzene rings is 2. The Morgan fingerprint density at radius 1 is 0.667 bits per heavy atom. The van der Waals surface area contributed by atoms with Crippen molar-refractivity contribution in [2.24, 2.45) is 0 Å². The number of halogens is 6. The molecule has 0 aliphatic heterocycles. The fraction of sp³-hybridized carbons (Fsp3) is 0.407. The lowest BCUT2D eigenvalue weighted by atomic mass is 10.1. The summed E-state index contributed by atoms with van der Waals surface area (Å²) in [4.78, 5) is 28.5. The number of hydrogen-bond acceptors (Lipinski definition) is 4. The van der Waals surface area contributed by atoms with Crippen LogP contribution in [-0.4, -0.2) is 60.5 Å². The Bertz CT molecular complexity index is 1080. The van der Waals surface area contributed by atoms with Gasteiger partial charge in [-0.25, -0.2) is 0 Å². The van der Waals surface area contributed by atoms with Gasteiger partial charge in [0.05, 0.1) is 0 Å². The zero-order valence-corrected chi connectivity index (χ0v) is 21.5. The number of carbonyl (C=O) groups excluding carboxylic acids is 2. The molecular weight excluding hydrogens is 530 g/mol. The zero-order valence-electron chi connectivity index (χ0n) is 21.5. The van der Waals surface area contributed by atoms with E-state index in [0.717, 1.165) is 24.3 Å². The van der Waals surface area contributed by atoms with E-state index in [0.29, 0.717) is 45.4 Å². The van der Waals surface area contributed by atoms with E-state index in [1.807, 2.05) is 19.1 Å². The van der Waals surface area contributed by atoms with Gasteiger partial charge in [-0.3, -0.25) is 9.59 Å². The standard InChI is InChI=1S/C27H30F6N2O4/c1-3-34(24(36)20-10-14-22(15-11-20)38-26(28,29)30)18-8-6-5-7-9-19-35(4-2)25(37)21-12-16-23(17-13-21)39-27(31,32)33/h5-6,10-17H,3-4,7-9,18-19H2,1-2H3/b6-5+. The Morgan fingerprint density at radius 3 is 1.44 bits per heavy atom. The quantitative estimate of drug-likeness (QED) is 0.153. The van der Waals surface area contributed by atoms with Gasteiger partial charge < -0.3 is 19.3 Å². The van der Waals surface area contributed by atoms with E-state index in [4.69, 9.17) is 0 Å². The highest BCUT2D eigenvalue weighted by atomic mass is 19.4. The van der Waals surface area contributed by atoms with Gasteiger partial charge in [0.1, 0.15) is 11.5 Å². The fourth-order valence-corrected chi connectivity index (χ4v) is 3.64. The Kier molecular flexibility index (Phi) is 11.7. The molecular formula is C27H30F6N2O4. The molecule has 214 valence electrons. The third kappa shape index (κ3) is 11.3. The van der Waals surface area contributed by atoms with Crippen molar-refractivity contribution in [2.75, 3.05) is 26.2 Å². The van der Waals surface area contributed by atoms with Crippen LogP contribution in [0.5, 0.6) is 11.5 Å². The highest BCUT2D eigenvalue weighted by Crippen LogP contribution is 2.24. The number of carbonyl (C=O) groups is 2. The maximum absolute atomic E-state index is 12.7. The Hall–Kier alpha value is -3.70. The highest BCUT2D eigenvalue weighted by molar-refractivity contribution is 5.94. The van der Waals surface area contributed by atoms with E-state index in [1.54, 1.807) is 16.7 Å². The molecule has 0 aliphatic carbocycles. The number of nitrogens with zero attached hydrogens (tertiary/aromatic N) is 2. The van der Waals surface area contributed by atoms with Crippen molar-refractivity contribution in [2.45, 2.75) is 45.8 Å². The van der Waals surface area contributed by atoms with Crippen LogP contribution in [0.15, 0.2) is 60.7 Å². The average molecular weight is 561 g/mol. The van der Waals surface area contributed by atoms with Crippen LogP contribution in [0.4, 0.5) is 26.3 Å². The monoisotopic (exact) mass is 560 g/mol. The van der Waals surface area contributed by atoms with E-state index in [1.165, 1.54) is 24.3 Å². The summed E-state index contributed by atoms with van der Waals surface area (Å²) in [5, 5.41) is 0. The number of hydrogen-bond donors (Lipinski definition) is 0. The molecule has 6 nitrogen and oxygen atoms in total. The van der Waals surface area contributed by atoms with Crippen molar-refractivity contribution in [1.29, 1.82) is 0 Å². The predicted molar refractivity (Wildman–Crippen MR) is 132 cm³/mol. The number of rotatable bonds is 13. The maximum atomic E-state index is 12.7. The van der Waals surface area contributed by atoms with Crippen molar-refractivity contribution in [3.05, 3.63) is 71.8 Å². The first-order chi connectivity index (χ1) is 18.3. The summed E-state index contributed by atoms with van der Waals surface area (Å²) >= 11 is 0. The van der Waals surface area contributed by atoms with Gasteiger partial charge in [-0.05, 0) is 81.6 Å². The first-order valence-electron chi connectivity index (χ1n) is 12.3. The van der Waals surface area contributed by atoms with Crippen LogP contribution >= 0.6 is 0 Å². The lowest BCUT2D eigenvalue weighted by molar-refractivity contribution is -0.275. The first kappa shape index (κ1) is 31.5. The van der Waals surface area contributed by atoms with Gasteiger partial charge in [0.15, 0.2) is 0 Å². The van der Waals surface area contributed by atoms with Crippen LogP contribution in [0.1, 0.15) is 53.8 Å². The molecule has 0 saturated heterocycles. The molecule has 2 amide bonds. The maximum Gasteiger partial charge on any atom is 0.573 e. The van der Waals surface area contributed by atoms with Crippen LogP contribution in [-0.2, 0) is 0 Å². The summed E-state index contributed by atoms with van der Waals surface area (Å²) in [6.07, 6.45) is -3.86. The molecule has 0 saturated carbocycles. The molecule has 0 heterocycles. The van der Waals surface area contributed by atoms with E-state index < -0.39 is 24.2 Å². The number of amides is 2. The van der Waals surface area contributed by atoms with Crippen LogP contribution in [0.3, 0.4) is 0 Å². The molecule has 0 N–H and O–H groups in total. The highest BCUT2D eigenvalue weighted by Gasteiger charge is 2.32. The number of unbranched alkanes of at least 4 members (excludes halogenated alkanes) is 1. The van der Waals surface area contributed by atoms with Crippen LogP contribution in [0, 0.1) is 0 Å². The summed E-state index contributed by atoms with van der Waals surface area (Å²) in [7, 11) is 0. The molecule has 39 heavy (non-hydrogen) atoms. The Balaban J connectivity index is 1.77. The van der Waals surface area contributed by atoms with Gasteiger partial charge >= 0.3 is 12.7 Å². The molecule has 0 radical (unpaired) electrons. The van der Waals surface area contributed by atoms with E-state index in [9.17, 15) is 35.9 Å². The lowest BCUT2D eigenvalue weighted by Crippen LogP contribution is -2.31. The molecule has 0 spiro atoms. The summed E-state index contributed by atoms with van der Waals surface area (Å²) < 4.78 is 81.4. The molecule has 0 aliphatic rings. The molecule has 2 rings (SSSR count). The van der Waals surface area contributed by atoms with Crippen LogP contribution < -0.4 is 9.47 Å². The molecule has 2 aromatic carbocycles. The van der Waals surface area contributed by atoms with Crippen molar-refractivity contribution in [3.63, 3.8) is 0 Å². The zero-order chi connectivity index (χ0) is 29.1. The first-order valence-corrected chi connectivity index (χ1v) is 12.3. The van der Waals surface area contributed by atoms with Gasteiger partial charge in [-0.2, -0.15) is 0 Å². The third-order valence-electron chi connectivity index (χ3n) is 5.54. The summed E-state index contributed by atoms with van der Waals surface area (Å²) in [5.74, 6) is -1.40. The minimum Gasteiger partial charge on any atom is -0.406 e. The predicted octanol–water partition coefficient (Wildman–Crippen LogP) is 6.83. The van der Waals surface area contributed by atoms with Crippen LogP contribution in [0.2, 0.25) is 0 Å². The summed E-state index contributed by atoms with van der Waals surface area (Å²) in [6.45, 7) is 5.33. The van der Waals surface area contributed by atoms with Gasteiger partial charge in [0, 0.05) is 37.3 Å². The Labute approximate surface area is 222 Å². The van der Waals surface area contributed by atoms with Gasteiger partial charge in [-0.15, -0.1) is 26.3 Å². The smallest absolute Gasteiger partial charge is 0.406 e. The van der Waals surface area contributed by atoms with Crippen molar-refractivity contribution >= 4 is 11.8 Å². The molecule has 0 aromatic heterocycles. The van der Waals surface area contributed by atoms with Crippen molar-refractivity contribution in [3.8, 4) is 11.5 Å². The lowest BCUT2D eigenvalue weighted by Gasteiger charge is -2.21. The molecule has 0 fully saturated rings. The second kappa shape index (κ2) is 14.5. The second-order valence-electron chi connectivity index (χ2n) is 8.32. The van der Waals surface area contributed by atoms with Gasteiger partial charge in [0.2, 0.25) is 0 Å². The molecule has 0 bridgehead atoms. The van der Waals surface area contributed by atoms with Crippen LogP contribution in [0.25, 0.3) is 0 Å². The van der Waals surface area contributed by atoms with E-state index in [-0.39, 0.29) is 22.9 Å². The Morgan fingerprint density at radius 2 is 1.05 bits per heavy atom. The number of alkyl halides is 6. The molecule has 0 unspecified atom stereocenters. The SMILES string of the molecule is CCN(CC/C=C/CCCN(CC)C(=O)c1ccc(OC(F)(F)F)cc1)C(=O)c1ccc(OC(F)(F)F)cc1. The molecule has 0 atom stereocenters. The fourth-order valence-electron chi connectivity index (χ4n) is 3.64.